The van der Waals surface area contributed by atoms with Crippen LogP contribution < -0.4 is 5.32 Å². The van der Waals surface area contributed by atoms with E-state index in [4.69, 9.17) is 9.15 Å². The van der Waals surface area contributed by atoms with Crippen molar-refractivity contribution in [1.82, 2.24) is 4.98 Å². The Bertz CT molecular complexity index is 811. The van der Waals surface area contributed by atoms with Crippen molar-refractivity contribution in [3.8, 4) is 0 Å². The fraction of sp³-hybridized carbons (Fsp3) is 0.0625. The van der Waals surface area contributed by atoms with Gasteiger partial charge < -0.3 is 14.5 Å². The summed E-state index contributed by atoms with van der Waals surface area (Å²) in [5, 5.41) is 2.63. The molecule has 0 aliphatic heterocycles. The lowest BCUT2D eigenvalue weighted by Gasteiger charge is -2.06. The SMILES string of the molecule is O=C(COC(=O)c1cccc2ocnc12)Nc1ccccc1. The van der Waals surface area contributed by atoms with Crippen LogP contribution in [0.3, 0.4) is 0 Å². The summed E-state index contributed by atoms with van der Waals surface area (Å²) >= 11 is 0. The van der Waals surface area contributed by atoms with E-state index in [1.54, 1.807) is 42.5 Å². The summed E-state index contributed by atoms with van der Waals surface area (Å²) in [6.07, 6.45) is 1.25. The smallest absolute Gasteiger partial charge is 0.340 e. The number of amides is 1. The first-order valence-electron chi connectivity index (χ1n) is 6.58. The summed E-state index contributed by atoms with van der Waals surface area (Å²) in [5.74, 6) is -1.03. The average Bonchev–Trinajstić information content (AvgIpc) is 3.02. The number of nitrogens with zero attached hydrogens (tertiary/aromatic N) is 1. The quantitative estimate of drug-likeness (QED) is 0.748. The molecular formula is C16H12N2O4. The Labute approximate surface area is 125 Å². The van der Waals surface area contributed by atoms with Gasteiger partial charge in [0.1, 0.15) is 5.52 Å². The van der Waals surface area contributed by atoms with Gasteiger partial charge in [0, 0.05) is 5.69 Å². The number of benzene rings is 2. The molecule has 0 aliphatic rings. The minimum Gasteiger partial charge on any atom is -0.452 e. The van der Waals surface area contributed by atoms with Gasteiger partial charge in [-0.15, -0.1) is 0 Å². The number of para-hydroxylation sites is 2. The molecule has 0 unspecified atom stereocenters. The Morgan fingerprint density at radius 1 is 1.09 bits per heavy atom. The van der Waals surface area contributed by atoms with E-state index in [9.17, 15) is 9.59 Å². The standard InChI is InChI=1S/C16H12N2O4/c19-14(18-11-5-2-1-3-6-11)9-21-16(20)12-7-4-8-13-15(12)17-10-22-13/h1-8,10H,9H2,(H,18,19). The highest BCUT2D eigenvalue weighted by Gasteiger charge is 2.15. The summed E-state index contributed by atoms with van der Waals surface area (Å²) in [6, 6.07) is 13.9. The van der Waals surface area contributed by atoms with Crippen LogP contribution in [0.5, 0.6) is 0 Å². The molecular weight excluding hydrogens is 284 g/mol. The molecule has 1 amide bonds. The molecule has 0 fully saturated rings. The van der Waals surface area contributed by atoms with Gasteiger partial charge in [0.2, 0.25) is 0 Å². The Kier molecular flexibility index (Phi) is 3.82. The molecule has 0 saturated heterocycles. The van der Waals surface area contributed by atoms with Gasteiger partial charge in [0.25, 0.3) is 5.91 Å². The minimum atomic E-state index is -0.622. The lowest BCUT2D eigenvalue weighted by atomic mass is 10.2. The number of hydrogen-bond acceptors (Lipinski definition) is 5. The number of nitrogens with one attached hydrogen (secondary N) is 1. The second kappa shape index (κ2) is 6.09. The third-order valence-corrected chi connectivity index (χ3v) is 2.97. The maximum atomic E-state index is 12.0. The maximum Gasteiger partial charge on any atom is 0.340 e. The Balaban J connectivity index is 1.63. The zero-order chi connectivity index (χ0) is 15.4. The molecule has 0 atom stereocenters. The summed E-state index contributed by atoms with van der Waals surface area (Å²) in [7, 11) is 0. The molecule has 22 heavy (non-hydrogen) atoms. The van der Waals surface area contributed by atoms with E-state index < -0.39 is 11.9 Å². The van der Waals surface area contributed by atoms with Gasteiger partial charge in [-0.05, 0) is 24.3 Å². The van der Waals surface area contributed by atoms with Crippen LogP contribution in [0.2, 0.25) is 0 Å². The van der Waals surface area contributed by atoms with Gasteiger partial charge in [-0.2, -0.15) is 0 Å². The summed E-state index contributed by atoms with van der Waals surface area (Å²) in [5.41, 5.74) is 1.81. The second-order valence-corrected chi connectivity index (χ2v) is 4.50. The Hall–Kier alpha value is -3.15. The van der Waals surface area contributed by atoms with Crippen LogP contribution in [0.1, 0.15) is 10.4 Å². The van der Waals surface area contributed by atoms with Crippen molar-refractivity contribution in [2.75, 3.05) is 11.9 Å². The number of ether oxygens (including phenoxy) is 1. The van der Waals surface area contributed by atoms with Crippen LogP contribution in [0, 0.1) is 0 Å². The van der Waals surface area contributed by atoms with E-state index in [0.717, 1.165) is 0 Å². The molecule has 0 saturated carbocycles. The molecule has 3 aromatic rings. The van der Waals surface area contributed by atoms with Crippen LogP contribution in [-0.4, -0.2) is 23.5 Å². The normalized spacial score (nSPS) is 10.4. The monoisotopic (exact) mass is 296 g/mol. The highest BCUT2D eigenvalue weighted by atomic mass is 16.5. The van der Waals surface area contributed by atoms with Crippen molar-refractivity contribution in [2.45, 2.75) is 0 Å². The topological polar surface area (TPSA) is 81.4 Å². The van der Waals surface area contributed by atoms with Gasteiger partial charge in [-0.25, -0.2) is 9.78 Å². The Morgan fingerprint density at radius 2 is 1.91 bits per heavy atom. The number of carbonyl (C=O) groups is 2. The molecule has 0 bridgehead atoms. The van der Waals surface area contributed by atoms with Crippen LogP contribution in [0.4, 0.5) is 5.69 Å². The number of carbonyl (C=O) groups excluding carboxylic acids is 2. The van der Waals surface area contributed by atoms with Gasteiger partial charge in [-0.3, -0.25) is 4.79 Å². The van der Waals surface area contributed by atoms with Crippen LogP contribution in [-0.2, 0) is 9.53 Å². The van der Waals surface area contributed by atoms with Crippen LogP contribution >= 0.6 is 0 Å². The van der Waals surface area contributed by atoms with E-state index in [2.05, 4.69) is 10.3 Å². The van der Waals surface area contributed by atoms with E-state index in [-0.39, 0.29) is 12.2 Å². The molecule has 0 aliphatic carbocycles. The van der Waals surface area contributed by atoms with Gasteiger partial charge in [-0.1, -0.05) is 24.3 Å². The summed E-state index contributed by atoms with van der Waals surface area (Å²) in [4.78, 5) is 27.7. The van der Waals surface area contributed by atoms with Crippen molar-refractivity contribution in [3.63, 3.8) is 0 Å². The van der Waals surface area contributed by atoms with Crippen molar-refractivity contribution in [1.29, 1.82) is 0 Å². The number of rotatable bonds is 4. The maximum absolute atomic E-state index is 12.0. The molecule has 1 heterocycles. The fourth-order valence-corrected chi connectivity index (χ4v) is 1.98. The predicted octanol–water partition coefficient (Wildman–Crippen LogP) is 2.62. The average molecular weight is 296 g/mol. The van der Waals surface area contributed by atoms with Crippen molar-refractivity contribution < 1.29 is 18.7 Å². The zero-order valence-electron chi connectivity index (χ0n) is 11.5. The van der Waals surface area contributed by atoms with E-state index in [1.165, 1.54) is 6.39 Å². The number of esters is 1. The van der Waals surface area contributed by atoms with Crippen molar-refractivity contribution in [3.05, 3.63) is 60.5 Å². The van der Waals surface area contributed by atoms with E-state index in [0.29, 0.717) is 16.8 Å². The minimum absolute atomic E-state index is 0.263. The molecule has 0 spiro atoms. The first-order valence-corrected chi connectivity index (χ1v) is 6.58. The molecule has 3 rings (SSSR count). The highest BCUT2D eigenvalue weighted by Crippen LogP contribution is 2.17. The predicted molar refractivity (Wildman–Crippen MR) is 79.4 cm³/mol. The lowest BCUT2D eigenvalue weighted by molar-refractivity contribution is -0.119. The fourth-order valence-electron chi connectivity index (χ4n) is 1.98. The zero-order valence-corrected chi connectivity index (χ0v) is 11.5. The number of fused-ring (bicyclic) bond motifs is 1. The number of aromatic nitrogens is 1. The first-order chi connectivity index (χ1) is 10.7. The molecule has 1 aromatic heterocycles. The largest absolute Gasteiger partial charge is 0.452 e. The highest BCUT2D eigenvalue weighted by molar-refractivity contribution is 6.02. The molecule has 110 valence electrons. The summed E-state index contributed by atoms with van der Waals surface area (Å²) in [6.45, 7) is -0.373. The molecule has 1 N–H and O–H groups in total. The van der Waals surface area contributed by atoms with E-state index in [1.807, 2.05) is 6.07 Å². The van der Waals surface area contributed by atoms with Gasteiger partial charge >= 0.3 is 5.97 Å². The molecule has 0 radical (unpaired) electrons. The Morgan fingerprint density at radius 3 is 2.73 bits per heavy atom. The van der Waals surface area contributed by atoms with Gasteiger partial charge in [0.05, 0.1) is 5.56 Å². The van der Waals surface area contributed by atoms with Crippen molar-refractivity contribution >= 4 is 28.7 Å². The lowest BCUT2D eigenvalue weighted by Crippen LogP contribution is -2.21. The third kappa shape index (κ3) is 2.95. The molecule has 6 heteroatoms. The first kappa shape index (κ1) is 13.8. The van der Waals surface area contributed by atoms with Gasteiger partial charge in [0.15, 0.2) is 18.6 Å². The summed E-state index contributed by atoms with van der Waals surface area (Å²) < 4.78 is 10.1. The second-order valence-electron chi connectivity index (χ2n) is 4.50. The molecule has 6 nitrogen and oxygen atoms in total. The van der Waals surface area contributed by atoms with E-state index >= 15 is 0 Å². The number of oxazole rings is 1. The van der Waals surface area contributed by atoms with Crippen LogP contribution in [0.25, 0.3) is 11.1 Å². The number of anilines is 1. The number of hydrogen-bond donors (Lipinski definition) is 1. The van der Waals surface area contributed by atoms with Crippen LogP contribution in [0.15, 0.2) is 59.3 Å². The molecule has 2 aromatic carbocycles. The third-order valence-electron chi connectivity index (χ3n) is 2.97. The van der Waals surface area contributed by atoms with Crippen molar-refractivity contribution in [2.24, 2.45) is 0 Å².